The molecule has 1 aliphatic heterocycles. The molecule has 0 bridgehead atoms. The van der Waals surface area contributed by atoms with Crippen LogP contribution >= 0.6 is 28.1 Å². The lowest BCUT2D eigenvalue weighted by atomic mass is 9.95. The number of nitrogens with one attached hydrogen (secondary N) is 2. The molecule has 1 aromatic carbocycles. The summed E-state index contributed by atoms with van der Waals surface area (Å²) in [5, 5.41) is 16.3. The normalized spacial score (nSPS) is 18.4. The summed E-state index contributed by atoms with van der Waals surface area (Å²) >= 11 is 8.46. The minimum atomic E-state index is -0.561. The molecular weight excluding hydrogens is 344 g/mol. The molecule has 20 heavy (non-hydrogen) atoms. The van der Waals surface area contributed by atoms with Gasteiger partial charge in [-0.25, -0.2) is 4.79 Å². The fourth-order valence-corrected chi connectivity index (χ4v) is 2.71. The molecule has 2 rings (SSSR count). The molecule has 0 saturated heterocycles. The molecule has 1 aromatic rings. The van der Waals surface area contributed by atoms with Crippen LogP contribution in [0.1, 0.15) is 18.5 Å². The van der Waals surface area contributed by atoms with Crippen molar-refractivity contribution in [2.24, 2.45) is 0 Å². The molecule has 0 aromatic heterocycles. The third-order valence-corrected chi connectivity index (χ3v) is 3.69. The maximum atomic E-state index is 12.0. The maximum absolute atomic E-state index is 12.0. The van der Waals surface area contributed by atoms with Gasteiger partial charge in [-0.2, -0.15) is 0 Å². The van der Waals surface area contributed by atoms with Crippen molar-refractivity contribution in [3.05, 3.63) is 39.5 Å². The number of allylic oxidation sites excluding steroid dienone is 1. The Kier molecular flexibility index (Phi) is 4.29. The van der Waals surface area contributed by atoms with E-state index >= 15 is 0 Å². The quantitative estimate of drug-likeness (QED) is 0.557. The Morgan fingerprint density at radius 1 is 1.50 bits per heavy atom. The maximum Gasteiger partial charge on any atom is 0.337 e. The van der Waals surface area contributed by atoms with Gasteiger partial charge in [0.2, 0.25) is 0 Å². The molecule has 0 radical (unpaired) electrons. The van der Waals surface area contributed by atoms with Gasteiger partial charge in [-0.15, -0.1) is 0 Å². The second-order valence-electron chi connectivity index (χ2n) is 4.26. The highest BCUT2D eigenvalue weighted by molar-refractivity contribution is 9.10. The second-order valence-corrected chi connectivity index (χ2v) is 5.59. The number of phenols is 1. The topological polar surface area (TPSA) is 70.6 Å². The average Bonchev–Trinajstić information content (AvgIpc) is 2.40. The van der Waals surface area contributed by atoms with Gasteiger partial charge in [0.15, 0.2) is 5.11 Å². The third kappa shape index (κ3) is 2.78. The minimum Gasteiger partial charge on any atom is -0.508 e. The minimum absolute atomic E-state index is 0.0737. The van der Waals surface area contributed by atoms with E-state index in [2.05, 4.69) is 26.6 Å². The van der Waals surface area contributed by atoms with E-state index in [0.29, 0.717) is 21.9 Å². The monoisotopic (exact) mass is 356 g/mol. The molecule has 106 valence electrons. The highest BCUT2D eigenvalue weighted by Gasteiger charge is 2.32. The number of hydrogen-bond donors (Lipinski definition) is 3. The van der Waals surface area contributed by atoms with Crippen molar-refractivity contribution in [1.29, 1.82) is 0 Å². The van der Waals surface area contributed by atoms with Crippen LogP contribution in [0.3, 0.4) is 0 Å². The van der Waals surface area contributed by atoms with Crippen LogP contribution in [0, 0.1) is 0 Å². The summed E-state index contributed by atoms with van der Waals surface area (Å²) in [6, 6.07) is 4.44. The Morgan fingerprint density at radius 2 is 2.20 bits per heavy atom. The number of esters is 1. The molecule has 0 saturated carbocycles. The van der Waals surface area contributed by atoms with E-state index in [1.807, 2.05) is 0 Å². The van der Waals surface area contributed by atoms with Crippen LogP contribution in [-0.4, -0.2) is 23.3 Å². The number of carbonyl (C=O) groups is 1. The molecule has 1 heterocycles. The van der Waals surface area contributed by atoms with Crippen LogP contribution in [0.5, 0.6) is 5.75 Å². The van der Waals surface area contributed by atoms with Gasteiger partial charge in [0.05, 0.1) is 18.7 Å². The fraction of sp³-hybridized carbons (Fsp3) is 0.231. The average molecular weight is 357 g/mol. The number of aromatic hydroxyl groups is 1. The summed E-state index contributed by atoms with van der Waals surface area (Å²) in [5.74, 6) is -0.404. The number of thiocarbonyl (C=S) groups is 1. The number of benzene rings is 1. The zero-order valence-corrected chi connectivity index (χ0v) is 13.3. The summed E-state index contributed by atoms with van der Waals surface area (Å²) in [7, 11) is 1.31. The predicted octanol–water partition coefficient (Wildman–Crippen LogP) is 2.12. The van der Waals surface area contributed by atoms with E-state index in [-0.39, 0.29) is 5.75 Å². The van der Waals surface area contributed by atoms with Crippen LogP contribution in [0.15, 0.2) is 33.9 Å². The number of phenolic OH excluding ortho intramolecular Hbond substituents is 1. The SMILES string of the molecule is COC(=O)C1=C(C)NC(=S)NC1c1cc(Br)ccc1O. The molecule has 7 heteroatoms. The van der Waals surface area contributed by atoms with Gasteiger partial charge in [-0.3, -0.25) is 0 Å². The number of ether oxygens (including phenoxy) is 1. The largest absolute Gasteiger partial charge is 0.508 e. The summed E-state index contributed by atoms with van der Waals surface area (Å²) < 4.78 is 5.59. The van der Waals surface area contributed by atoms with Gasteiger partial charge in [0.25, 0.3) is 0 Å². The fourth-order valence-electron chi connectivity index (χ4n) is 2.06. The van der Waals surface area contributed by atoms with E-state index in [4.69, 9.17) is 17.0 Å². The summed E-state index contributed by atoms with van der Waals surface area (Å²) in [6.45, 7) is 1.74. The number of methoxy groups -OCH3 is 1. The van der Waals surface area contributed by atoms with Crippen molar-refractivity contribution in [3.63, 3.8) is 0 Å². The first kappa shape index (κ1) is 14.8. The number of hydrogen-bond acceptors (Lipinski definition) is 4. The second kappa shape index (κ2) is 5.80. The van der Waals surface area contributed by atoms with Crippen LogP contribution in [0.25, 0.3) is 0 Å². The molecule has 0 spiro atoms. The standard InChI is InChI=1S/C13H13BrN2O3S/c1-6-10(12(18)19-2)11(16-13(20)15-6)8-5-7(14)3-4-9(8)17/h3-5,11,17H,1-2H3,(H2,15,16,20). The molecule has 1 aliphatic rings. The van der Waals surface area contributed by atoms with Crippen molar-refractivity contribution < 1.29 is 14.6 Å². The summed E-state index contributed by atoms with van der Waals surface area (Å²) in [5.41, 5.74) is 1.53. The molecule has 0 amide bonds. The van der Waals surface area contributed by atoms with Crippen molar-refractivity contribution in [2.45, 2.75) is 13.0 Å². The molecule has 1 atom stereocenters. The zero-order chi connectivity index (χ0) is 14.9. The number of rotatable bonds is 2. The molecule has 0 aliphatic carbocycles. The van der Waals surface area contributed by atoms with Gasteiger partial charge in [0, 0.05) is 15.7 Å². The van der Waals surface area contributed by atoms with E-state index in [9.17, 15) is 9.90 Å². The van der Waals surface area contributed by atoms with Crippen molar-refractivity contribution in [3.8, 4) is 5.75 Å². The highest BCUT2D eigenvalue weighted by atomic mass is 79.9. The van der Waals surface area contributed by atoms with E-state index in [1.165, 1.54) is 7.11 Å². The van der Waals surface area contributed by atoms with Gasteiger partial charge in [-0.1, -0.05) is 15.9 Å². The van der Waals surface area contributed by atoms with E-state index in [0.717, 1.165) is 4.47 Å². The third-order valence-electron chi connectivity index (χ3n) is 2.98. The lowest BCUT2D eigenvalue weighted by Gasteiger charge is -2.30. The van der Waals surface area contributed by atoms with E-state index < -0.39 is 12.0 Å². The Bertz CT molecular complexity index is 616. The smallest absolute Gasteiger partial charge is 0.337 e. The van der Waals surface area contributed by atoms with Gasteiger partial charge in [0.1, 0.15) is 5.75 Å². The first-order valence-electron chi connectivity index (χ1n) is 5.79. The number of halogens is 1. The molecular formula is C13H13BrN2O3S. The van der Waals surface area contributed by atoms with Crippen molar-refractivity contribution >= 4 is 39.2 Å². The van der Waals surface area contributed by atoms with Crippen LogP contribution < -0.4 is 10.6 Å². The van der Waals surface area contributed by atoms with Gasteiger partial charge < -0.3 is 20.5 Å². The van der Waals surface area contributed by atoms with Crippen molar-refractivity contribution in [1.82, 2.24) is 10.6 Å². The molecule has 3 N–H and O–H groups in total. The van der Waals surface area contributed by atoms with Crippen LogP contribution in [-0.2, 0) is 9.53 Å². The van der Waals surface area contributed by atoms with Gasteiger partial charge in [-0.05, 0) is 37.3 Å². The van der Waals surface area contributed by atoms with Crippen LogP contribution in [0.4, 0.5) is 0 Å². The van der Waals surface area contributed by atoms with Crippen molar-refractivity contribution in [2.75, 3.05) is 7.11 Å². The molecule has 5 nitrogen and oxygen atoms in total. The molecule has 0 fully saturated rings. The number of carbonyl (C=O) groups excluding carboxylic acids is 1. The summed E-state index contributed by atoms with van der Waals surface area (Å²) in [6.07, 6.45) is 0. The Hall–Kier alpha value is -1.60. The van der Waals surface area contributed by atoms with E-state index in [1.54, 1.807) is 25.1 Å². The predicted molar refractivity (Wildman–Crippen MR) is 82.1 cm³/mol. The lowest BCUT2D eigenvalue weighted by Crippen LogP contribution is -2.45. The summed E-state index contributed by atoms with van der Waals surface area (Å²) in [4.78, 5) is 12.0. The van der Waals surface area contributed by atoms with Crippen LogP contribution in [0.2, 0.25) is 0 Å². The highest BCUT2D eigenvalue weighted by Crippen LogP contribution is 2.34. The first-order valence-corrected chi connectivity index (χ1v) is 6.99. The lowest BCUT2D eigenvalue weighted by molar-refractivity contribution is -0.136. The Balaban J connectivity index is 2.56. The first-order chi connectivity index (χ1) is 9.43. The zero-order valence-electron chi connectivity index (χ0n) is 10.9. The molecule has 1 unspecified atom stereocenters. The Labute approximate surface area is 130 Å². The Morgan fingerprint density at radius 3 is 2.85 bits per heavy atom. The van der Waals surface area contributed by atoms with Gasteiger partial charge >= 0.3 is 5.97 Å².